The number of halogens is 1. The van der Waals surface area contributed by atoms with Crippen LogP contribution in [0, 0.1) is 0 Å². The zero-order valence-electron chi connectivity index (χ0n) is 16.9. The van der Waals surface area contributed by atoms with E-state index in [1.807, 2.05) is 12.1 Å². The molecule has 1 heterocycles. The number of quaternary nitrogens is 1. The van der Waals surface area contributed by atoms with Gasteiger partial charge in [0.2, 0.25) is 0 Å². The summed E-state index contributed by atoms with van der Waals surface area (Å²) < 4.78 is 0. The third kappa shape index (κ3) is 4.04. The molecule has 30 heavy (non-hydrogen) atoms. The lowest BCUT2D eigenvalue weighted by Gasteiger charge is -2.30. The maximum absolute atomic E-state index is 6.00. The monoisotopic (exact) mass is 414 g/mol. The second-order valence-corrected chi connectivity index (χ2v) is 8.42. The van der Waals surface area contributed by atoms with E-state index in [9.17, 15) is 0 Å². The molecule has 0 atom stereocenters. The zero-order valence-corrected chi connectivity index (χ0v) is 17.6. The van der Waals surface area contributed by atoms with E-state index in [1.165, 1.54) is 32.7 Å². The van der Waals surface area contributed by atoms with E-state index < -0.39 is 0 Å². The number of nitrogens with zero attached hydrogens (tertiary/aromatic N) is 2. The summed E-state index contributed by atoms with van der Waals surface area (Å²) in [7, 11) is 0. The van der Waals surface area contributed by atoms with Crippen LogP contribution < -0.4 is 4.90 Å². The molecule has 4 aromatic rings. The molecule has 5 rings (SSSR count). The van der Waals surface area contributed by atoms with Gasteiger partial charge >= 0.3 is 0 Å². The van der Waals surface area contributed by atoms with Gasteiger partial charge < -0.3 is 4.90 Å². The van der Waals surface area contributed by atoms with Crippen LogP contribution >= 0.6 is 11.6 Å². The van der Waals surface area contributed by atoms with E-state index in [-0.39, 0.29) is 0 Å². The summed E-state index contributed by atoms with van der Waals surface area (Å²) in [5.74, 6) is 0. The Kier molecular flexibility index (Phi) is 5.39. The number of hydrogen-bond acceptors (Lipinski definition) is 2. The minimum Gasteiger partial charge on any atom is -0.328 e. The van der Waals surface area contributed by atoms with Crippen LogP contribution in [-0.4, -0.2) is 37.4 Å². The van der Waals surface area contributed by atoms with Crippen molar-refractivity contribution < 1.29 is 4.90 Å². The third-order valence-electron chi connectivity index (χ3n) is 5.98. The molecule has 4 heteroatoms. The second-order valence-electron chi connectivity index (χ2n) is 7.98. The molecule has 0 unspecified atom stereocenters. The van der Waals surface area contributed by atoms with Crippen LogP contribution in [0.15, 0.2) is 84.0 Å². The second kappa shape index (κ2) is 8.47. The molecule has 3 nitrogen and oxygen atoms in total. The fourth-order valence-electron chi connectivity index (χ4n) is 4.32. The summed E-state index contributed by atoms with van der Waals surface area (Å²) in [6.45, 7) is 5.18. The number of rotatable bonds is 4. The first-order valence-electron chi connectivity index (χ1n) is 10.5. The van der Waals surface area contributed by atoms with Crippen LogP contribution in [0.1, 0.15) is 11.1 Å². The van der Waals surface area contributed by atoms with Gasteiger partial charge in [0, 0.05) is 16.1 Å². The van der Waals surface area contributed by atoms with Gasteiger partial charge in [-0.25, -0.2) is 0 Å². The lowest BCUT2D eigenvalue weighted by molar-refractivity contribution is -0.918. The Morgan fingerprint density at radius 3 is 2.07 bits per heavy atom. The Morgan fingerprint density at radius 2 is 1.43 bits per heavy atom. The predicted octanol–water partition coefficient (Wildman–Crippen LogP) is 4.38. The molecule has 0 amide bonds. The molecule has 0 radical (unpaired) electrons. The Balaban J connectivity index is 1.32. The Hall–Kier alpha value is -2.88. The van der Waals surface area contributed by atoms with Crippen molar-refractivity contribution in [1.29, 1.82) is 0 Å². The van der Waals surface area contributed by atoms with Crippen molar-refractivity contribution in [2.24, 2.45) is 5.10 Å². The topological polar surface area (TPSA) is 20.0 Å². The number of hydrazone groups is 1. The van der Waals surface area contributed by atoms with Gasteiger partial charge in [-0.3, -0.25) is 5.01 Å². The quantitative estimate of drug-likeness (QED) is 0.388. The third-order valence-corrected chi connectivity index (χ3v) is 6.23. The molecule has 0 aliphatic carbocycles. The average molecular weight is 415 g/mol. The van der Waals surface area contributed by atoms with Crippen LogP contribution in [0.5, 0.6) is 0 Å². The van der Waals surface area contributed by atoms with Crippen LogP contribution in [0.4, 0.5) is 0 Å². The fourth-order valence-corrected chi connectivity index (χ4v) is 4.45. The summed E-state index contributed by atoms with van der Waals surface area (Å²) in [5.41, 5.74) is 2.55. The minimum absolute atomic E-state index is 0.800. The van der Waals surface area contributed by atoms with Gasteiger partial charge in [0.1, 0.15) is 6.54 Å². The molecule has 1 aliphatic heterocycles. The highest BCUT2D eigenvalue weighted by molar-refractivity contribution is 6.30. The van der Waals surface area contributed by atoms with E-state index in [4.69, 9.17) is 16.7 Å². The van der Waals surface area contributed by atoms with Gasteiger partial charge in [-0.15, -0.1) is 0 Å². The molecule has 0 bridgehead atoms. The summed E-state index contributed by atoms with van der Waals surface area (Å²) >= 11 is 6.00. The molecule has 4 aromatic carbocycles. The lowest BCUT2D eigenvalue weighted by Crippen LogP contribution is -3.13. The van der Waals surface area contributed by atoms with Gasteiger partial charge in [0.25, 0.3) is 0 Å². The molecule has 0 spiro atoms. The summed E-state index contributed by atoms with van der Waals surface area (Å²) in [6.07, 6.45) is 2.06. The van der Waals surface area contributed by atoms with Crippen LogP contribution in [0.2, 0.25) is 5.02 Å². The standard InChI is InChI=1S/C26H24ClN3/c27-23-11-9-20(10-12-23)19-29-13-15-30(16-14-29)28-18-26-24-7-3-1-5-21(24)17-22-6-2-4-8-25(22)26/h1-12,17-18H,13-16,19H2/p+1. The summed E-state index contributed by atoms with van der Waals surface area (Å²) in [4.78, 5) is 1.60. The number of hydrogen-bond donors (Lipinski definition) is 1. The van der Waals surface area contributed by atoms with E-state index >= 15 is 0 Å². The Bertz CT molecular complexity index is 1140. The fraction of sp³-hybridized carbons (Fsp3) is 0.192. The predicted molar refractivity (Wildman–Crippen MR) is 126 cm³/mol. The van der Waals surface area contributed by atoms with Crippen molar-refractivity contribution >= 4 is 39.4 Å². The number of piperazine rings is 1. The van der Waals surface area contributed by atoms with Crippen molar-refractivity contribution in [2.45, 2.75) is 6.54 Å². The van der Waals surface area contributed by atoms with Crippen molar-refractivity contribution in [3.63, 3.8) is 0 Å². The highest BCUT2D eigenvalue weighted by Gasteiger charge is 2.19. The summed E-state index contributed by atoms with van der Waals surface area (Å²) in [5, 5.41) is 12.9. The minimum atomic E-state index is 0.800. The first-order chi connectivity index (χ1) is 14.8. The van der Waals surface area contributed by atoms with E-state index in [2.05, 4.69) is 78.0 Å². The molecular weight excluding hydrogens is 390 g/mol. The molecule has 1 saturated heterocycles. The lowest BCUT2D eigenvalue weighted by atomic mass is 9.97. The Morgan fingerprint density at radius 1 is 0.833 bits per heavy atom. The van der Waals surface area contributed by atoms with E-state index in [0.29, 0.717) is 0 Å². The van der Waals surface area contributed by atoms with Crippen molar-refractivity contribution in [2.75, 3.05) is 26.2 Å². The molecule has 1 N–H and O–H groups in total. The van der Waals surface area contributed by atoms with Crippen molar-refractivity contribution in [3.05, 3.63) is 95.0 Å². The largest absolute Gasteiger partial charge is 0.328 e. The smallest absolute Gasteiger partial charge is 0.103 e. The Labute approximate surface area is 182 Å². The molecule has 150 valence electrons. The van der Waals surface area contributed by atoms with E-state index in [1.54, 1.807) is 4.90 Å². The molecule has 0 aromatic heterocycles. The highest BCUT2D eigenvalue weighted by atomic mass is 35.5. The molecule has 1 fully saturated rings. The van der Waals surface area contributed by atoms with Crippen LogP contribution in [-0.2, 0) is 6.54 Å². The zero-order chi connectivity index (χ0) is 20.3. The van der Waals surface area contributed by atoms with Gasteiger partial charge in [-0.05, 0) is 39.7 Å². The first-order valence-corrected chi connectivity index (χ1v) is 10.9. The average Bonchev–Trinajstić information content (AvgIpc) is 2.79. The molecule has 0 saturated carbocycles. The van der Waals surface area contributed by atoms with Gasteiger partial charge in [-0.1, -0.05) is 72.3 Å². The van der Waals surface area contributed by atoms with Crippen LogP contribution in [0.25, 0.3) is 21.5 Å². The molecule has 1 aliphatic rings. The van der Waals surface area contributed by atoms with Gasteiger partial charge in [-0.2, -0.15) is 5.10 Å². The first kappa shape index (κ1) is 19.1. The number of fused-ring (bicyclic) bond motifs is 2. The normalized spacial score (nSPS) is 15.4. The maximum Gasteiger partial charge on any atom is 0.103 e. The molecular formula is C26H25ClN3+. The number of benzene rings is 4. The summed E-state index contributed by atoms with van der Waals surface area (Å²) in [6, 6.07) is 27.6. The van der Waals surface area contributed by atoms with E-state index in [0.717, 1.165) is 37.7 Å². The SMILES string of the molecule is Clc1ccc(C[NH+]2CCN(N=Cc3c4ccccc4cc4ccccc34)CC2)cc1. The van der Waals surface area contributed by atoms with Crippen molar-refractivity contribution in [1.82, 2.24) is 5.01 Å². The van der Waals surface area contributed by atoms with Crippen molar-refractivity contribution in [3.8, 4) is 0 Å². The van der Waals surface area contributed by atoms with Crippen LogP contribution in [0.3, 0.4) is 0 Å². The highest BCUT2D eigenvalue weighted by Crippen LogP contribution is 2.27. The maximum atomic E-state index is 6.00. The van der Waals surface area contributed by atoms with Gasteiger partial charge in [0.05, 0.1) is 32.4 Å². The van der Waals surface area contributed by atoms with Gasteiger partial charge in [0.15, 0.2) is 0 Å². The number of nitrogens with one attached hydrogen (secondary N) is 1.